The number of sulfone groups is 1. The minimum atomic E-state index is -2.89. The van der Waals surface area contributed by atoms with Crippen LogP contribution in [0.15, 0.2) is 18.3 Å². The van der Waals surface area contributed by atoms with E-state index in [-0.39, 0.29) is 23.5 Å². The second-order valence-electron chi connectivity index (χ2n) is 4.75. The van der Waals surface area contributed by atoms with Crippen LogP contribution in [0, 0.1) is 0 Å². The van der Waals surface area contributed by atoms with E-state index in [0.717, 1.165) is 5.69 Å². The number of rotatable bonds is 3. The van der Waals surface area contributed by atoms with Crippen LogP contribution in [0.25, 0.3) is 0 Å². The summed E-state index contributed by atoms with van der Waals surface area (Å²) in [6, 6.07) is 3.53. The van der Waals surface area contributed by atoms with Crippen LogP contribution in [0.5, 0.6) is 0 Å². The second-order valence-corrected chi connectivity index (χ2v) is 6.98. The molecule has 0 bridgehead atoms. The van der Waals surface area contributed by atoms with E-state index in [0.29, 0.717) is 12.2 Å². The van der Waals surface area contributed by atoms with E-state index in [9.17, 15) is 13.2 Å². The largest absolute Gasteiger partial charge is 0.369 e. The number of hydrogen-bond acceptors (Lipinski definition) is 5. The van der Waals surface area contributed by atoms with Crippen molar-refractivity contribution in [2.45, 2.75) is 19.4 Å². The summed E-state index contributed by atoms with van der Waals surface area (Å²) >= 11 is 0. The molecule has 104 valence electrons. The Morgan fingerprint density at radius 2 is 2.21 bits per heavy atom. The van der Waals surface area contributed by atoms with Gasteiger partial charge in [0.25, 0.3) is 0 Å². The first-order valence-corrected chi connectivity index (χ1v) is 7.86. The molecule has 1 aliphatic heterocycles. The van der Waals surface area contributed by atoms with E-state index in [1.54, 1.807) is 12.3 Å². The fourth-order valence-corrected chi connectivity index (χ4v) is 3.92. The number of aromatic nitrogens is 1. The summed E-state index contributed by atoms with van der Waals surface area (Å²) < 4.78 is 22.9. The molecule has 19 heavy (non-hydrogen) atoms. The average Bonchev–Trinajstić information content (AvgIpc) is 2.69. The smallest absolute Gasteiger partial charge is 0.222 e. The van der Waals surface area contributed by atoms with Gasteiger partial charge in [-0.1, -0.05) is 0 Å². The predicted molar refractivity (Wildman–Crippen MR) is 74.0 cm³/mol. The predicted octanol–water partition coefficient (Wildman–Crippen LogP) is 0.663. The molecule has 0 spiro atoms. The molecule has 0 aliphatic carbocycles. The van der Waals surface area contributed by atoms with Gasteiger partial charge >= 0.3 is 0 Å². The maximum atomic E-state index is 11.5. The lowest BCUT2D eigenvalue weighted by Gasteiger charge is -2.25. The van der Waals surface area contributed by atoms with Crippen molar-refractivity contribution >= 4 is 27.2 Å². The van der Waals surface area contributed by atoms with Gasteiger partial charge in [0, 0.05) is 20.0 Å². The normalized spacial score (nSPS) is 21.1. The van der Waals surface area contributed by atoms with Crippen molar-refractivity contribution in [2.75, 3.05) is 28.8 Å². The molecule has 1 atom stereocenters. The van der Waals surface area contributed by atoms with Crippen LogP contribution in [-0.2, 0) is 14.6 Å². The Morgan fingerprint density at radius 1 is 1.47 bits per heavy atom. The Labute approximate surface area is 112 Å². The molecule has 1 saturated heterocycles. The van der Waals surface area contributed by atoms with Gasteiger partial charge in [-0.05, 0) is 18.6 Å². The molecule has 0 saturated carbocycles. The number of nitrogens with zero attached hydrogens (tertiary/aromatic N) is 2. The molecule has 6 nitrogen and oxygen atoms in total. The molecule has 7 heteroatoms. The SMILES string of the molecule is CC(=O)Nc1ccc(N(C)C2CCS(=O)(=O)C2)cn1. The van der Waals surface area contributed by atoms with Gasteiger partial charge in [-0.2, -0.15) is 0 Å². The summed E-state index contributed by atoms with van der Waals surface area (Å²) in [5.41, 5.74) is 0.844. The molecule has 1 aliphatic rings. The van der Waals surface area contributed by atoms with Crippen LogP contribution in [-0.4, -0.2) is 43.9 Å². The molecule has 1 fully saturated rings. The lowest BCUT2D eigenvalue weighted by Crippen LogP contribution is -2.32. The minimum absolute atomic E-state index is 0.00147. The summed E-state index contributed by atoms with van der Waals surface area (Å²) in [4.78, 5) is 16.9. The summed E-state index contributed by atoms with van der Waals surface area (Å²) in [7, 11) is -1.03. The monoisotopic (exact) mass is 283 g/mol. The number of pyridine rings is 1. The molecule has 0 aromatic carbocycles. The highest BCUT2D eigenvalue weighted by atomic mass is 32.2. The fraction of sp³-hybridized carbons (Fsp3) is 0.500. The van der Waals surface area contributed by atoms with Gasteiger partial charge in [0.2, 0.25) is 5.91 Å². The highest BCUT2D eigenvalue weighted by molar-refractivity contribution is 7.91. The Morgan fingerprint density at radius 3 is 2.68 bits per heavy atom. The van der Waals surface area contributed by atoms with Crippen LogP contribution >= 0.6 is 0 Å². The molecule has 2 heterocycles. The summed E-state index contributed by atoms with van der Waals surface area (Å²) in [6.07, 6.45) is 2.28. The summed E-state index contributed by atoms with van der Waals surface area (Å²) in [5, 5.41) is 2.59. The van der Waals surface area contributed by atoms with E-state index in [1.165, 1.54) is 6.92 Å². The van der Waals surface area contributed by atoms with Crippen molar-refractivity contribution in [3.8, 4) is 0 Å². The Hall–Kier alpha value is -1.63. The van der Waals surface area contributed by atoms with Crippen molar-refractivity contribution in [2.24, 2.45) is 0 Å². The highest BCUT2D eigenvalue weighted by Gasteiger charge is 2.30. The van der Waals surface area contributed by atoms with Gasteiger partial charge < -0.3 is 10.2 Å². The van der Waals surface area contributed by atoms with Crippen LogP contribution < -0.4 is 10.2 Å². The molecule has 0 radical (unpaired) electrons. The number of carbonyl (C=O) groups excluding carboxylic acids is 1. The zero-order valence-electron chi connectivity index (χ0n) is 11.0. The van der Waals surface area contributed by atoms with Gasteiger partial charge in [0.15, 0.2) is 9.84 Å². The van der Waals surface area contributed by atoms with Gasteiger partial charge in [0.05, 0.1) is 23.4 Å². The van der Waals surface area contributed by atoms with Gasteiger partial charge in [-0.3, -0.25) is 4.79 Å². The van der Waals surface area contributed by atoms with Crippen LogP contribution in [0.1, 0.15) is 13.3 Å². The molecule has 2 rings (SSSR count). The van der Waals surface area contributed by atoms with E-state index in [1.807, 2.05) is 18.0 Å². The van der Waals surface area contributed by atoms with Crippen LogP contribution in [0.2, 0.25) is 0 Å². The Kier molecular flexibility index (Phi) is 3.75. The van der Waals surface area contributed by atoms with Crippen molar-refractivity contribution in [3.63, 3.8) is 0 Å². The van der Waals surface area contributed by atoms with Crippen LogP contribution in [0.3, 0.4) is 0 Å². The molecule has 1 aromatic heterocycles. The first kappa shape index (κ1) is 13.8. The van der Waals surface area contributed by atoms with Gasteiger partial charge in [-0.15, -0.1) is 0 Å². The van der Waals surface area contributed by atoms with Crippen molar-refractivity contribution in [3.05, 3.63) is 18.3 Å². The third kappa shape index (κ3) is 3.44. The van der Waals surface area contributed by atoms with E-state index in [2.05, 4.69) is 10.3 Å². The zero-order chi connectivity index (χ0) is 14.0. The van der Waals surface area contributed by atoms with Gasteiger partial charge in [0.1, 0.15) is 5.82 Å². The lowest BCUT2D eigenvalue weighted by molar-refractivity contribution is -0.114. The van der Waals surface area contributed by atoms with Crippen molar-refractivity contribution < 1.29 is 13.2 Å². The molecule has 1 N–H and O–H groups in total. The standard InChI is InChI=1S/C12H17N3O3S/c1-9(16)14-12-4-3-10(7-13-12)15(2)11-5-6-19(17,18)8-11/h3-4,7,11H,5-6,8H2,1-2H3,(H,13,14,16). The minimum Gasteiger partial charge on any atom is -0.369 e. The summed E-state index contributed by atoms with van der Waals surface area (Å²) in [5.74, 6) is 0.760. The van der Waals surface area contributed by atoms with Crippen molar-refractivity contribution in [1.29, 1.82) is 0 Å². The maximum Gasteiger partial charge on any atom is 0.222 e. The molecular formula is C12H17N3O3S. The highest BCUT2D eigenvalue weighted by Crippen LogP contribution is 2.22. The van der Waals surface area contributed by atoms with Crippen molar-refractivity contribution in [1.82, 2.24) is 4.98 Å². The number of carbonyl (C=O) groups is 1. The first-order chi connectivity index (χ1) is 8.87. The van der Waals surface area contributed by atoms with Gasteiger partial charge in [-0.25, -0.2) is 13.4 Å². The third-order valence-corrected chi connectivity index (χ3v) is 4.97. The van der Waals surface area contributed by atoms with E-state index in [4.69, 9.17) is 0 Å². The van der Waals surface area contributed by atoms with Crippen LogP contribution in [0.4, 0.5) is 11.5 Å². The second kappa shape index (κ2) is 5.16. The average molecular weight is 283 g/mol. The maximum absolute atomic E-state index is 11.5. The number of amides is 1. The first-order valence-electron chi connectivity index (χ1n) is 6.04. The summed E-state index contributed by atoms with van der Waals surface area (Å²) in [6.45, 7) is 1.42. The number of hydrogen-bond donors (Lipinski definition) is 1. The fourth-order valence-electron chi connectivity index (χ4n) is 2.14. The Bertz CT molecular complexity index is 568. The number of nitrogens with one attached hydrogen (secondary N) is 1. The zero-order valence-corrected chi connectivity index (χ0v) is 11.8. The quantitative estimate of drug-likeness (QED) is 0.881. The van der Waals surface area contributed by atoms with E-state index >= 15 is 0 Å². The lowest BCUT2D eigenvalue weighted by atomic mass is 10.2. The number of anilines is 2. The Balaban J connectivity index is 2.08. The third-order valence-electron chi connectivity index (χ3n) is 3.22. The molecule has 1 amide bonds. The molecule has 1 unspecified atom stereocenters. The molecular weight excluding hydrogens is 266 g/mol. The van der Waals surface area contributed by atoms with E-state index < -0.39 is 9.84 Å². The molecule has 1 aromatic rings. The topological polar surface area (TPSA) is 79.4 Å².